The van der Waals surface area contributed by atoms with E-state index < -0.39 is 0 Å². The topological polar surface area (TPSA) is 15.3 Å². The van der Waals surface area contributed by atoms with Gasteiger partial charge in [0.1, 0.15) is 12.4 Å². The lowest BCUT2D eigenvalue weighted by Crippen LogP contribution is -2.23. The highest BCUT2D eigenvalue weighted by molar-refractivity contribution is 4.88. The molecule has 2 heterocycles. The van der Waals surface area contributed by atoms with E-state index in [4.69, 9.17) is 0 Å². The van der Waals surface area contributed by atoms with Crippen LogP contribution >= 0.6 is 0 Å². The van der Waals surface area contributed by atoms with Gasteiger partial charge >= 0.3 is 0 Å². The number of aromatic nitrogens is 2. The van der Waals surface area contributed by atoms with Gasteiger partial charge in [-0.05, 0) is 19.3 Å². The Morgan fingerprint density at radius 2 is 1.32 bits per heavy atom. The Kier molecular flexibility index (Phi) is 14.5. The summed E-state index contributed by atoms with van der Waals surface area (Å²) in [6, 6.07) is 0. The zero-order chi connectivity index (χ0) is 20.5. The Balaban J connectivity index is 0.000000280. The fourth-order valence-corrected chi connectivity index (χ4v) is 3.54. The summed E-state index contributed by atoms with van der Waals surface area (Å²) in [5, 5.41) is 0. The van der Waals surface area contributed by atoms with Crippen molar-refractivity contribution in [2.45, 2.75) is 97.4 Å². The van der Waals surface area contributed by atoms with Crippen molar-refractivity contribution in [3.63, 3.8) is 0 Å². The average molecular weight is 392 g/mol. The molecule has 0 aromatic carbocycles. The van der Waals surface area contributed by atoms with Crippen LogP contribution in [0.15, 0.2) is 31.1 Å². The molecule has 1 aromatic rings. The Morgan fingerprint density at radius 1 is 0.750 bits per heavy atom. The maximum absolute atomic E-state index is 2.39. The van der Waals surface area contributed by atoms with Crippen LogP contribution in [0.1, 0.15) is 90.9 Å². The van der Waals surface area contributed by atoms with Gasteiger partial charge in [-0.3, -0.25) is 0 Å². The number of unbranched alkanes of at least 4 members (excludes halogenated alkanes) is 10. The number of rotatable bonds is 14. The highest BCUT2D eigenvalue weighted by Gasteiger charge is 2.06. The van der Waals surface area contributed by atoms with Gasteiger partial charge in [-0.25, -0.2) is 9.13 Å². The van der Waals surface area contributed by atoms with Crippen LogP contribution in [0.5, 0.6) is 0 Å². The van der Waals surface area contributed by atoms with Crippen molar-refractivity contribution in [3.8, 4) is 0 Å². The van der Waals surface area contributed by atoms with Crippen LogP contribution in [0.2, 0.25) is 0 Å². The molecule has 1 aliphatic rings. The number of nitrogens with zero attached hydrogens (tertiary/aromatic N) is 4. The molecule has 0 radical (unpaired) electrons. The molecule has 0 spiro atoms. The third-order valence-electron chi connectivity index (χ3n) is 5.33. The molecular formula is C24H47N4+. The van der Waals surface area contributed by atoms with Crippen molar-refractivity contribution in [1.29, 1.82) is 0 Å². The van der Waals surface area contributed by atoms with Crippen LogP contribution in [-0.4, -0.2) is 34.6 Å². The van der Waals surface area contributed by atoms with Crippen LogP contribution in [0.25, 0.3) is 0 Å². The van der Waals surface area contributed by atoms with Gasteiger partial charge in [0.15, 0.2) is 0 Å². The third-order valence-corrected chi connectivity index (χ3v) is 5.33. The maximum Gasteiger partial charge on any atom is 0.243 e. The van der Waals surface area contributed by atoms with Crippen LogP contribution < -0.4 is 4.57 Å². The Hall–Kier alpha value is -1.45. The van der Waals surface area contributed by atoms with Crippen LogP contribution in [0.4, 0.5) is 0 Å². The van der Waals surface area contributed by atoms with E-state index in [9.17, 15) is 0 Å². The predicted octanol–water partition coefficient (Wildman–Crippen LogP) is 5.70. The van der Waals surface area contributed by atoms with Crippen molar-refractivity contribution in [2.75, 3.05) is 20.3 Å². The molecule has 0 aliphatic carbocycles. The Bertz CT molecular complexity index is 495. The second kappa shape index (κ2) is 16.5. The summed E-state index contributed by atoms with van der Waals surface area (Å²) >= 11 is 0. The number of aryl methyl sites for hydroxylation is 2. The second-order valence-corrected chi connectivity index (χ2v) is 8.36. The lowest BCUT2D eigenvalue weighted by Gasteiger charge is -2.17. The summed E-state index contributed by atoms with van der Waals surface area (Å²) in [6.07, 6.45) is 27.3. The van der Waals surface area contributed by atoms with Gasteiger partial charge in [-0.15, -0.1) is 0 Å². The van der Waals surface area contributed by atoms with Crippen molar-refractivity contribution >= 4 is 0 Å². The van der Waals surface area contributed by atoms with E-state index in [1.165, 1.54) is 90.1 Å². The first-order chi connectivity index (χ1) is 13.7. The molecule has 4 nitrogen and oxygen atoms in total. The summed E-state index contributed by atoms with van der Waals surface area (Å²) in [7, 11) is 4.19. The summed E-state index contributed by atoms with van der Waals surface area (Å²) in [5.41, 5.74) is 0. The summed E-state index contributed by atoms with van der Waals surface area (Å²) in [4.78, 5) is 4.61. The first-order valence-electron chi connectivity index (χ1n) is 11.8. The molecule has 2 rings (SSSR count). The quantitative estimate of drug-likeness (QED) is 0.299. The highest BCUT2D eigenvalue weighted by Crippen LogP contribution is 2.09. The molecule has 0 unspecified atom stereocenters. The Morgan fingerprint density at radius 3 is 1.82 bits per heavy atom. The molecule has 0 bridgehead atoms. The van der Waals surface area contributed by atoms with Gasteiger partial charge in [-0.2, -0.15) is 0 Å². The first-order valence-corrected chi connectivity index (χ1v) is 11.8. The van der Waals surface area contributed by atoms with Gasteiger partial charge in [0.05, 0.1) is 20.3 Å². The predicted molar refractivity (Wildman–Crippen MR) is 121 cm³/mol. The molecule has 0 amide bonds. The Labute approximate surface area is 175 Å². The molecule has 1 aliphatic heterocycles. The summed E-state index contributed by atoms with van der Waals surface area (Å²) < 4.78 is 4.36. The molecule has 28 heavy (non-hydrogen) atoms. The fourth-order valence-electron chi connectivity index (χ4n) is 3.54. The molecule has 4 heteroatoms. The van der Waals surface area contributed by atoms with E-state index in [0.717, 1.165) is 6.67 Å². The normalized spacial score (nSPS) is 13.1. The molecule has 0 atom stereocenters. The van der Waals surface area contributed by atoms with E-state index >= 15 is 0 Å². The second-order valence-electron chi connectivity index (χ2n) is 8.36. The third kappa shape index (κ3) is 12.9. The van der Waals surface area contributed by atoms with E-state index in [1.54, 1.807) is 0 Å². The van der Waals surface area contributed by atoms with Gasteiger partial charge in [0.25, 0.3) is 0 Å². The monoisotopic (exact) mass is 391 g/mol. The van der Waals surface area contributed by atoms with Crippen molar-refractivity contribution in [2.24, 2.45) is 7.05 Å². The highest BCUT2D eigenvalue weighted by atomic mass is 15.3. The lowest BCUT2D eigenvalue weighted by molar-refractivity contribution is -0.671. The van der Waals surface area contributed by atoms with Crippen molar-refractivity contribution < 1.29 is 4.57 Å². The molecule has 0 fully saturated rings. The van der Waals surface area contributed by atoms with E-state index in [2.05, 4.69) is 78.0 Å². The number of hydrogen-bond donors (Lipinski definition) is 0. The molecule has 1 aromatic heterocycles. The van der Waals surface area contributed by atoms with Gasteiger partial charge in [0.2, 0.25) is 6.33 Å². The van der Waals surface area contributed by atoms with Gasteiger partial charge in [-0.1, -0.05) is 71.6 Å². The van der Waals surface area contributed by atoms with Crippen LogP contribution in [0.3, 0.4) is 0 Å². The van der Waals surface area contributed by atoms with Crippen molar-refractivity contribution in [1.82, 2.24) is 14.4 Å². The standard InChI is InChI=1S/C12H24N2.C12H23N2/c2*1-3-4-5-6-7-8-9-14-11-10-13(2)12-14/h10-11H,3-9,12H2,1-2H3;10-12H,3-9H2,1-2H3/q;+1. The smallest absolute Gasteiger partial charge is 0.243 e. The van der Waals surface area contributed by atoms with Gasteiger partial charge in [0, 0.05) is 26.0 Å². The first kappa shape index (κ1) is 24.6. The molecule has 0 saturated heterocycles. The van der Waals surface area contributed by atoms with Gasteiger partial charge < -0.3 is 9.80 Å². The number of hydrogen-bond acceptors (Lipinski definition) is 2. The maximum atomic E-state index is 2.39. The molecule has 0 N–H and O–H groups in total. The molecule has 0 saturated carbocycles. The minimum Gasteiger partial charge on any atom is -0.362 e. The molecular weight excluding hydrogens is 344 g/mol. The minimum absolute atomic E-state index is 1.08. The van der Waals surface area contributed by atoms with E-state index in [1.807, 2.05) is 0 Å². The summed E-state index contributed by atoms with van der Waals surface area (Å²) in [5.74, 6) is 0. The largest absolute Gasteiger partial charge is 0.362 e. The SMILES string of the molecule is CCCCCCCCN1C=CN(C)C1.CCCCCCCCn1cc[n+](C)c1. The van der Waals surface area contributed by atoms with E-state index in [0.29, 0.717) is 0 Å². The average Bonchev–Trinajstić information content (AvgIpc) is 3.29. The van der Waals surface area contributed by atoms with Crippen molar-refractivity contribution in [3.05, 3.63) is 31.1 Å². The lowest BCUT2D eigenvalue weighted by atomic mass is 10.1. The minimum atomic E-state index is 1.08. The molecule has 162 valence electrons. The van der Waals surface area contributed by atoms with E-state index in [-0.39, 0.29) is 0 Å². The van der Waals surface area contributed by atoms with Crippen LogP contribution in [0, 0.1) is 0 Å². The summed E-state index contributed by atoms with van der Waals surface area (Å²) in [6.45, 7) is 8.01. The zero-order valence-electron chi connectivity index (χ0n) is 19.3. The number of imidazole rings is 1. The fraction of sp³-hybridized carbons (Fsp3) is 0.792. The van der Waals surface area contributed by atoms with Crippen LogP contribution in [-0.2, 0) is 13.6 Å². The zero-order valence-corrected chi connectivity index (χ0v) is 19.3.